The number of rotatable bonds is 6. The molecule has 0 unspecified atom stereocenters. The molecular formula is C19H14BrCl4NO2. The number of hydrogen-bond acceptors (Lipinski definition) is 3. The molecule has 27 heavy (non-hydrogen) atoms. The van der Waals surface area contributed by atoms with Crippen molar-refractivity contribution in [3.63, 3.8) is 0 Å². The van der Waals surface area contributed by atoms with Crippen molar-refractivity contribution in [3.05, 3.63) is 67.6 Å². The molecule has 142 valence electrons. The molecule has 0 aliphatic carbocycles. The number of carbonyl (C=O) groups is 2. The van der Waals surface area contributed by atoms with Gasteiger partial charge < -0.3 is 0 Å². The lowest BCUT2D eigenvalue weighted by molar-refractivity contribution is -0.117. The first-order valence-corrected chi connectivity index (χ1v) is 10.2. The summed E-state index contributed by atoms with van der Waals surface area (Å²) in [5.41, 5.74) is 1.59. The fourth-order valence-corrected chi connectivity index (χ4v) is 3.42. The predicted molar refractivity (Wildman–Crippen MR) is 114 cm³/mol. The number of ketones is 2. The Morgan fingerprint density at radius 3 is 1.48 bits per heavy atom. The van der Waals surface area contributed by atoms with Gasteiger partial charge in [0.25, 0.3) is 0 Å². The SMILES string of the molecule is N#CCC(=O)Cc1cc(Cl)cc(Cl)c1.O=C(CBr)Cc1cc(Cl)cc(Cl)c1. The van der Waals surface area contributed by atoms with Crippen LogP contribution in [0.25, 0.3) is 0 Å². The molecule has 0 bridgehead atoms. The van der Waals surface area contributed by atoms with Gasteiger partial charge in [0.2, 0.25) is 0 Å². The van der Waals surface area contributed by atoms with Gasteiger partial charge in [0.1, 0.15) is 5.78 Å². The van der Waals surface area contributed by atoms with Gasteiger partial charge in [-0.3, -0.25) is 9.59 Å². The first-order chi connectivity index (χ1) is 12.7. The van der Waals surface area contributed by atoms with Crippen LogP contribution in [-0.4, -0.2) is 16.9 Å². The summed E-state index contributed by atoms with van der Waals surface area (Å²) in [4.78, 5) is 22.2. The molecule has 2 rings (SSSR count). The van der Waals surface area contributed by atoms with Gasteiger partial charge >= 0.3 is 0 Å². The van der Waals surface area contributed by atoms with Crippen molar-refractivity contribution in [3.8, 4) is 6.07 Å². The highest BCUT2D eigenvalue weighted by Gasteiger charge is 2.05. The van der Waals surface area contributed by atoms with E-state index in [4.69, 9.17) is 51.7 Å². The molecule has 2 aromatic carbocycles. The van der Waals surface area contributed by atoms with E-state index in [0.717, 1.165) is 11.1 Å². The maximum Gasteiger partial charge on any atom is 0.151 e. The third kappa shape index (κ3) is 10.1. The van der Waals surface area contributed by atoms with E-state index in [1.54, 1.807) is 42.5 Å². The Balaban J connectivity index is 0.000000271. The third-order valence-corrected chi connectivity index (χ3v) is 4.57. The first kappa shape index (κ1) is 23.9. The van der Waals surface area contributed by atoms with Crippen LogP contribution in [0.5, 0.6) is 0 Å². The van der Waals surface area contributed by atoms with E-state index in [0.29, 0.717) is 31.8 Å². The lowest BCUT2D eigenvalue weighted by atomic mass is 10.1. The van der Waals surface area contributed by atoms with Gasteiger partial charge in [-0.05, 0) is 47.5 Å². The molecule has 3 nitrogen and oxygen atoms in total. The van der Waals surface area contributed by atoms with Crippen molar-refractivity contribution >= 4 is 73.9 Å². The van der Waals surface area contributed by atoms with Crippen LogP contribution in [-0.2, 0) is 22.4 Å². The third-order valence-electron chi connectivity index (χ3n) is 3.07. The van der Waals surface area contributed by atoms with E-state index in [9.17, 15) is 9.59 Å². The van der Waals surface area contributed by atoms with Crippen LogP contribution in [0.4, 0.5) is 0 Å². The van der Waals surface area contributed by atoms with Crippen molar-refractivity contribution in [2.45, 2.75) is 19.3 Å². The number of carbonyl (C=O) groups excluding carboxylic acids is 2. The zero-order valence-electron chi connectivity index (χ0n) is 13.9. The summed E-state index contributed by atoms with van der Waals surface area (Å²) < 4.78 is 0. The van der Waals surface area contributed by atoms with Crippen molar-refractivity contribution in [2.24, 2.45) is 0 Å². The molecule has 0 spiro atoms. The van der Waals surface area contributed by atoms with Crippen LogP contribution in [0.3, 0.4) is 0 Å². The summed E-state index contributed by atoms with van der Waals surface area (Å²) in [7, 11) is 0. The second kappa shape index (κ2) is 12.4. The number of nitrogens with zero attached hydrogens (tertiary/aromatic N) is 1. The molecule has 0 N–H and O–H groups in total. The van der Waals surface area contributed by atoms with Crippen LogP contribution >= 0.6 is 62.3 Å². The van der Waals surface area contributed by atoms with Crippen molar-refractivity contribution in [1.82, 2.24) is 0 Å². The molecule has 0 fully saturated rings. The summed E-state index contributed by atoms with van der Waals surface area (Å²) in [6.45, 7) is 0. The molecule has 0 heterocycles. The monoisotopic (exact) mass is 507 g/mol. The van der Waals surface area contributed by atoms with Gasteiger partial charge in [0.15, 0.2) is 5.78 Å². The van der Waals surface area contributed by atoms with E-state index in [2.05, 4.69) is 15.9 Å². The average molecular weight is 510 g/mol. The molecule has 0 saturated carbocycles. The summed E-state index contributed by atoms with van der Waals surface area (Å²) in [6, 6.07) is 11.9. The van der Waals surface area contributed by atoms with Crippen LogP contribution < -0.4 is 0 Å². The normalized spacial score (nSPS) is 9.78. The average Bonchev–Trinajstić information content (AvgIpc) is 2.53. The minimum atomic E-state index is -0.133. The van der Waals surface area contributed by atoms with Crippen LogP contribution in [0, 0.1) is 11.3 Å². The molecule has 0 saturated heterocycles. The van der Waals surface area contributed by atoms with E-state index in [1.165, 1.54) is 0 Å². The minimum absolute atomic E-state index is 0.0792. The maximum atomic E-state index is 11.1. The fraction of sp³-hybridized carbons (Fsp3) is 0.211. The fourth-order valence-electron chi connectivity index (χ4n) is 2.08. The second-order valence-corrected chi connectivity index (χ2v) is 7.76. The second-order valence-electron chi connectivity index (χ2n) is 5.45. The highest BCUT2D eigenvalue weighted by atomic mass is 79.9. The summed E-state index contributed by atoms with van der Waals surface area (Å²) in [6.07, 6.45) is 0.490. The minimum Gasteiger partial charge on any atom is -0.298 e. The number of Topliss-reactive ketones (excluding diaryl/α,β-unsaturated/α-hetero) is 2. The van der Waals surface area contributed by atoms with E-state index in [1.807, 2.05) is 0 Å². The smallest absolute Gasteiger partial charge is 0.151 e. The summed E-state index contributed by atoms with van der Waals surface area (Å²) in [5.74, 6) is -0.0239. The Hall–Kier alpha value is -1.09. The zero-order chi connectivity index (χ0) is 20.4. The molecule has 0 radical (unpaired) electrons. The molecule has 0 aliphatic rings. The highest BCUT2D eigenvalue weighted by Crippen LogP contribution is 2.20. The Morgan fingerprint density at radius 1 is 0.778 bits per heavy atom. The van der Waals surface area contributed by atoms with Gasteiger partial charge in [-0.25, -0.2) is 0 Å². The lowest BCUT2D eigenvalue weighted by Crippen LogP contribution is -2.03. The Morgan fingerprint density at radius 2 is 1.15 bits per heavy atom. The molecule has 8 heteroatoms. The van der Waals surface area contributed by atoms with Gasteiger partial charge in [0.05, 0.1) is 17.8 Å². The van der Waals surface area contributed by atoms with Gasteiger partial charge in [-0.1, -0.05) is 62.3 Å². The number of hydrogen-bond donors (Lipinski definition) is 0. The Bertz CT molecular complexity index is 825. The molecule has 0 amide bonds. The summed E-state index contributed by atoms with van der Waals surface area (Å²) >= 11 is 26.1. The van der Waals surface area contributed by atoms with E-state index >= 15 is 0 Å². The van der Waals surface area contributed by atoms with Crippen molar-refractivity contribution < 1.29 is 9.59 Å². The molecule has 0 aliphatic heterocycles. The van der Waals surface area contributed by atoms with Crippen LogP contribution in [0.1, 0.15) is 17.5 Å². The van der Waals surface area contributed by atoms with Gasteiger partial charge in [0, 0.05) is 32.9 Å². The van der Waals surface area contributed by atoms with E-state index in [-0.39, 0.29) is 24.4 Å². The van der Waals surface area contributed by atoms with Gasteiger partial charge in [-0.15, -0.1) is 0 Å². The molecular weight excluding hydrogens is 496 g/mol. The maximum absolute atomic E-state index is 11.1. The largest absolute Gasteiger partial charge is 0.298 e. The summed E-state index contributed by atoms with van der Waals surface area (Å²) in [5, 5.41) is 10.8. The van der Waals surface area contributed by atoms with Gasteiger partial charge in [-0.2, -0.15) is 5.26 Å². The zero-order valence-corrected chi connectivity index (χ0v) is 18.6. The van der Waals surface area contributed by atoms with Crippen molar-refractivity contribution in [1.29, 1.82) is 5.26 Å². The van der Waals surface area contributed by atoms with E-state index < -0.39 is 0 Å². The predicted octanol–water partition coefficient (Wildman–Crippen LogP) is 6.52. The molecule has 0 aromatic heterocycles. The molecule has 2 aromatic rings. The number of benzene rings is 2. The molecule has 0 atom stereocenters. The lowest BCUT2D eigenvalue weighted by Gasteiger charge is -2.00. The first-order valence-electron chi connectivity index (χ1n) is 7.59. The van der Waals surface area contributed by atoms with Crippen LogP contribution in [0.15, 0.2) is 36.4 Å². The topological polar surface area (TPSA) is 57.9 Å². The number of alkyl halides is 1. The number of halogens is 5. The highest BCUT2D eigenvalue weighted by molar-refractivity contribution is 9.09. The van der Waals surface area contributed by atoms with Crippen molar-refractivity contribution in [2.75, 3.05) is 5.33 Å². The Kier molecular flexibility index (Phi) is 11.0. The standard InChI is InChI=1S/C10H7Cl2NO.C9H7BrCl2O/c11-8-3-7(4-9(12)6-8)5-10(14)1-2-13;10-5-9(13)3-6-1-7(11)4-8(12)2-6/h3-4,6H,1,5H2;1-2,4H,3,5H2. The quantitative estimate of drug-likeness (QED) is 0.416. The van der Waals surface area contributed by atoms with Crippen LogP contribution in [0.2, 0.25) is 20.1 Å². The Labute approximate surface area is 186 Å². The number of nitriles is 1.